The number of halogens is 2. The molecule has 2 nitrogen and oxygen atoms in total. The molecule has 1 atom stereocenters. The molecule has 13 heavy (non-hydrogen) atoms. The Morgan fingerprint density at radius 1 is 1.54 bits per heavy atom. The normalized spacial score (nSPS) is 21.2. The van der Waals surface area contributed by atoms with Gasteiger partial charge < -0.3 is 5.32 Å². The molecule has 0 spiro atoms. The van der Waals surface area contributed by atoms with Crippen LogP contribution >= 0.6 is 12.4 Å². The maximum Gasteiger partial charge on any atom is 0.146 e. The van der Waals surface area contributed by atoms with E-state index >= 15 is 0 Å². The van der Waals surface area contributed by atoms with Crippen molar-refractivity contribution in [3.8, 4) is 0 Å². The highest BCUT2D eigenvalue weighted by molar-refractivity contribution is 5.85. The van der Waals surface area contributed by atoms with Crippen molar-refractivity contribution in [2.75, 3.05) is 6.54 Å². The number of pyridine rings is 1. The van der Waals surface area contributed by atoms with Crippen LogP contribution in [-0.2, 0) is 0 Å². The highest BCUT2D eigenvalue weighted by atomic mass is 35.5. The molecule has 2 rings (SSSR count). The minimum atomic E-state index is -0.197. The predicted octanol–water partition coefficient (Wildman–Crippen LogP) is 2.07. The number of rotatable bonds is 1. The summed E-state index contributed by atoms with van der Waals surface area (Å²) in [5.74, 6) is -0.197. The zero-order valence-electron chi connectivity index (χ0n) is 7.16. The van der Waals surface area contributed by atoms with Gasteiger partial charge in [-0.1, -0.05) is 0 Å². The maximum absolute atomic E-state index is 13.1. The van der Waals surface area contributed by atoms with Crippen LogP contribution in [0.15, 0.2) is 18.3 Å². The molecular weight excluding hydrogens is 191 g/mol. The smallest absolute Gasteiger partial charge is 0.146 e. The molecule has 0 aliphatic carbocycles. The Balaban J connectivity index is 0.000000845. The van der Waals surface area contributed by atoms with Crippen LogP contribution in [0.4, 0.5) is 4.39 Å². The molecule has 0 amide bonds. The molecule has 1 unspecified atom stereocenters. The fourth-order valence-electron chi connectivity index (χ4n) is 1.57. The Bertz CT molecular complexity index is 274. The quantitative estimate of drug-likeness (QED) is 0.754. The lowest BCUT2D eigenvalue weighted by atomic mass is 10.1. The highest BCUT2D eigenvalue weighted by Crippen LogP contribution is 2.22. The van der Waals surface area contributed by atoms with E-state index in [0.717, 1.165) is 19.4 Å². The average Bonchev–Trinajstić information content (AvgIpc) is 2.57. The van der Waals surface area contributed by atoms with Crippen LogP contribution in [0.2, 0.25) is 0 Å². The standard InChI is InChI=1S/C9H11FN2.ClH/c10-7-3-1-6-12-9(7)8-4-2-5-11-8;/h1,3,6,8,11H,2,4-5H2;1H. The van der Waals surface area contributed by atoms with Gasteiger partial charge in [-0.3, -0.25) is 4.98 Å². The van der Waals surface area contributed by atoms with Crippen LogP contribution in [0.5, 0.6) is 0 Å². The lowest BCUT2D eigenvalue weighted by Gasteiger charge is -2.09. The van der Waals surface area contributed by atoms with Gasteiger partial charge in [-0.25, -0.2) is 4.39 Å². The second kappa shape index (κ2) is 4.53. The van der Waals surface area contributed by atoms with Crippen LogP contribution in [-0.4, -0.2) is 11.5 Å². The highest BCUT2D eigenvalue weighted by Gasteiger charge is 2.19. The fourth-order valence-corrected chi connectivity index (χ4v) is 1.57. The molecule has 1 aromatic rings. The Hall–Kier alpha value is -0.670. The summed E-state index contributed by atoms with van der Waals surface area (Å²) in [4.78, 5) is 4.02. The first-order valence-electron chi connectivity index (χ1n) is 4.22. The first-order valence-corrected chi connectivity index (χ1v) is 4.22. The number of aromatic nitrogens is 1. The minimum Gasteiger partial charge on any atom is -0.309 e. The largest absolute Gasteiger partial charge is 0.309 e. The molecule has 1 N–H and O–H groups in total. The number of hydrogen-bond acceptors (Lipinski definition) is 2. The second-order valence-corrected chi connectivity index (χ2v) is 3.02. The van der Waals surface area contributed by atoms with Crippen molar-refractivity contribution in [3.05, 3.63) is 29.8 Å². The summed E-state index contributed by atoms with van der Waals surface area (Å²) in [6, 6.07) is 3.21. The average molecular weight is 203 g/mol. The fraction of sp³-hybridized carbons (Fsp3) is 0.444. The Morgan fingerprint density at radius 2 is 2.38 bits per heavy atom. The van der Waals surface area contributed by atoms with Gasteiger partial charge in [0.25, 0.3) is 0 Å². The van der Waals surface area contributed by atoms with Gasteiger partial charge in [0.2, 0.25) is 0 Å². The van der Waals surface area contributed by atoms with Crippen molar-refractivity contribution in [1.29, 1.82) is 0 Å². The van der Waals surface area contributed by atoms with Gasteiger partial charge >= 0.3 is 0 Å². The van der Waals surface area contributed by atoms with Crippen LogP contribution in [0.3, 0.4) is 0 Å². The van der Waals surface area contributed by atoms with Crippen LogP contribution < -0.4 is 5.32 Å². The van der Waals surface area contributed by atoms with E-state index in [9.17, 15) is 4.39 Å². The Kier molecular flexibility index (Phi) is 3.63. The van der Waals surface area contributed by atoms with Gasteiger partial charge in [-0.05, 0) is 31.5 Å². The molecule has 1 aliphatic rings. The van der Waals surface area contributed by atoms with Gasteiger partial charge in [0, 0.05) is 6.20 Å². The van der Waals surface area contributed by atoms with Gasteiger partial charge in [0.1, 0.15) is 5.82 Å². The van der Waals surface area contributed by atoms with E-state index < -0.39 is 0 Å². The first kappa shape index (κ1) is 10.4. The van der Waals surface area contributed by atoms with Crippen LogP contribution in [0, 0.1) is 5.82 Å². The van der Waals surface area contributed by atoms with Crippen molar-refractivity contribution in [2.24, 2.45) is 0 Å². The summed E-state index contributed by atoms with van der Waals surface area (Å²) in [6.45, 7) is 0.973. The summed E-state index contributed by atoms with van der Waals surface area (Å²) in [6.07, 6.45) is 3.74. The van der Waals surface area contributed by atoms with Crippen LogP contribution in [0.1, 0.15) is 24.6 Å². The zero-order chi connectivity index (χ0) is 8.39. The lowest BCUT2D eigenvalue weighted by molar-refractivity contribution is 0.541. The summed E-state index contributed by atoms with van der Waals surface area (Å²) < 4.78 is 13.1. The topological polar surface area (TPSA) is 24.9 Å². The van der Waals surface area contributed by atoms with E-state index in [1.807, 2.05) is 0 Å². The third-order valence-corrected chi connectivity index (χ3v) is 2.18. The predicted molar refractivity (Wildman–Crippen MR) is 51.4 cm³/mol. The number of nitrogens with one attached hydrogen (secondary N) is 1. The van der Waals surface area contributed by atoms with Crippen molar-refractivity contribution in [1.82, 2.24) is 10.3 Å². The molecule has 72 valence electrons. The third kappa shape index (κ3) is 2.17. The maximum atomic E-state index is 13.1. The molecule has 1 aromatic heterocycles. The molecule has 1 aliphatic heterocycles. The molecule has 4 heteroatoms. The molecule has 2 heterocycles. The van der Waals surface area contributed by atoms with Crippen molar-refractivity contribution in [3.63, 3.8) is 0 Å². The van der Waals surface area contributed by atoms with E-state index in [4.69, 9.17) is 0 Å². The third-order valence-electron chi connectivity index (χ3n) is 2.18. The van der Waals surface area contributed by atoms with Gasteiger partial charge in [-0.2, -0.15) is 0 Å². The van der Waals surface area contributed by atoms with Gasteiger partial charge in [0.15, 0.2) is 0 Å². The molecule has 0 saturated carbocycles. The van der Waals surface area contributed by atoms with E-state index in [1.165, 1.54) is 6.07 Å². The van der Waals surface area contributed by atoms with Gasteiger partial charge in [-0.15, -0.1) is 12.4 Å². The molecule has 1 fully saturated rings. The summed E-state index contributed by atoms with van der Waals surface area (Å²) in [5.41, 5.74) is 0.565. The van der Waals surface area contributed by atoms with E-state index in [1.54, 1.807) is 12.3 Å². The zero-order valence-corrected chi connectivity index (χ0v) is 7.98. The molecular formula is C9H12ClFN2. The summed E-state index contributed by atoms with van der Waals surface area (Å²) >= 11 is 0. The van der Waals surface area contributed by atoms with E-state index in [0.29, 0.717) is 5.69 Å². The minimum absolute atomic E-state index is 0. The molecule has 1 saturated heterocycles. The Morgan fingerprint density at radius 3 is 3.00 bits per heavy atom. The summed E-state index contributed by atoms with van der Waals surface area (Å²) in [7, 11) is 0. The second-order valence-electron chi connectivity index (χ2n) is 3.02. The first-order chi connectivity index (χ1) is 5.88. The number of nitrogens with zero attached hydrogens (tertiary/aromatic N) is 1. The van der Waals surface area contributed by atoms with Gasteiger partial charge in [0.05, 0.1) is 11.7 Å². The Labute approximate surface area is 83.0 Å². The SMILES string of the molecule is Cl.Fc1cccnc1C1CCCN1. The van der Waals surface area contributed by atoms with Crippen molar-refractivity contribution < 1.29 is 4.39 Å². The molecule has 0 bridgehead atoms. The monoisotopic (exact) mass is 202 g/mol. The number of hydrogen-bond donors (Lipinski definition) is 1. The molecule has 0 radical (unpaired) electrons. The van der Waals surface area contributed by atoms with Crippen LogP contribution in [0.25, 0.3) is 0 Å². The van der Waals surface area contributed by atoms with Crippen molar-refractivity contribution >= 4 is 12.4 Å². The van der Waals surface area contributed by atoms with Crippen molar-refractivity contribution in [2.45, 2.75) is 18.9 Å². The van der Waals surface area contributed by atoms with E-state index in [-0.39, 0.29) is 24.3 Å². The summed E-state index contributed by atoms with van der Waals surface area (Å²) in [5, 5.41) is 3.21. The lowest BCUT2D eigenvalue weighted by Crippen LogP contribution is -2.15. The molecule has 0 aromatic carbocycles. The van der Waals surface area contributed by atoms with E-state index in [2.05, 4.69) is 10.3 Å².